The van der Waals surface area contributed by atoms with Crippen LogP contribution in [-0.2, 0) is 15.5 Å². The number of para-hydroxylation sites is 2. The maximum absolute atomic E-state index is 10.3. The van der Waals surface area contributed by atoms with Crippen LogP contribution in [0, 0.1) is 0 Å². The van der Waals surface area contributed by atoms with Crippen molar-refractivity contribution >= 4 is 28.6 Å². The van der Waals surface area contributed by atoms with Gasteiger partial charge in [-0.05, 0) is 36.4 Å². The fourth-order valence-corrected chi connectivity index (χ4v) is 1.77. The molecule has 5 nitrogen and oxygen atoms in total. The van der Waals surface area contributed by atoms with Crippen LogP contribution in [0.25, 0.3) is 0 Å². The molecular weight excluding hydrogens is 302 g/mol. The number of hydrogen-bond acceptors (Lipinski definition) is 5. The third-order valence-corrected chi connectivity index (χ3v) is 2.91. The first-order chi connectivity index (χ1) is 9.65. The molecule has 0 spiro atoms. The van der Waals surface area contributed by atoms with Crippen molar-refractivity contribution in [1.29, 1.82) is 0 Å². The highest BCUT2D eigenvalue weighted by molar-refractivity contribution is 7.74. The molecule has 1 atom stereocenters. The van der Waals surface area contributed by atoms with Gasteiger partial charge < -0.3 is 14.6 Å². The summed E-state index contributed by atoms with van der Waals surface area (Å²) in [4.78, 5) is 0. The van der Waals surface area contributed by atoms with Crippen LogP contribution in [0.5, 0.6) is 11.5 Å². The second kappa shape index (κ2) is 7.25. The molecule has 2 aromatic carbocycles. The van der Waals surface area contributed by atoms with Crippen LogP contribution < -0.4 is 10.1 Å². The van der Waals surface area contributed by atoms with Gasteiger partial charge in [-0.3, -0.25) is 4.18 Å². The molecule has 1 N–H and O–H groups in total. The molecule has 0 radical (unpaired) electrons. The van der Waals surface area contributed by atoms with E-state index >= 15 is 0 Å². The molecule has 0 saturated carbocycles. The van der Waals surface area contributed by atoms with Crippen LogP contribution >= 0.6 is 11.6 Å². The predicted octanol–water partition coefficient (Wildman–Crippen LogP) is 3.31. The maximum atomic E-state index is 10.3. The molecule has 0 aliphatic heterocycles. The van der Waals surface area contributed by atoms with Gasteiger partial charge >= 0.3 is 0 Å². The molecule has 1 unspecified atom stereocenters. The minimum Gasteiger partial charge on any atom is -0.750 e. The summed E-state index contributed by atoms with van der Waals surface area (Å²) in [5.74, 6) is 1.17. The molecule has 0 aromatic heterocycles. The Morgan fingerprint density at radius 1 is 1.15 bits per heavy atom. The van der Waals surface area contributed by atoms with E-state index in [9.17, 15) is 8.76 Å². The van der Waals surface area contributed by atoms with Gasteiger partial charge in [0, 0.05) is 5.02 Å². The Bertz CT molecular complexity index is 591. The number of rotatable bonds is 6. The summed E-state index contributed by atoms with van der Waals surface area (Å²) in [6.07, 6.45) is 0. The lowest BCUT2D eigenvalue weighted by Gasteiger charge is -2.13. The van der Waals surface area contributed by atoms with Crippen molar-refractivity contribution < 1.29 is 17.7 Å². The van der Waals surface area contributed by atoms with Crippen LogP contribution in [0.2, 0.25) is 5.02 Å². The molecule has 20 heavy (non-hydrogen) atoms. The first-order valence-electron chi connectivity index (χ1n) is 5.64. The van der Waals surface area contributed by atoms with E-state index in [-0.39, 0.29) is 6.73 Å². The highest BCUT2D eigenvalue weighted by Gasteiger charge is 2.04. The molecule has 0 fully saturated rings. The van der Waals surface area contributed by atoms with E-state index in [1.165, 1.54) is 0 Å². The SMILES string of the molecule is O=S([O-])OCNc1ccccc1Oc1ccc(Cl)cc1. The van der Waals surface area contributed by atoms with Gasteiger partial charge in [0.05, 0.1) is 17.0 Å². The fourth-order valence-electron chi connectivity index (χ4n) is 1.49. The second-order valence-corrected chi connectivity index (χ2v) is 4.78. The maximum Gasteiger partial charge on any atom is 0.150 e. The first kappa shape index (κ1) is 14.8. The van der Waals surface area contributed by atoms with Crippen LogP contribution in [0.4, 0.5) is 5.69 Å². The molecule has 2 aromatic rings. The summed E-state index contributed by atoms with van der Waals surface area (Å²) < 4.78 is 30.7. The fraction of sp³-hybridized carbons (Fsp3) is 0.0769. The zero-order chi connectivity index (χ0) is 14.4. The Kier molecular flexibility index (Phi) is 5.37. The lowest BCUT2D eigenvalue weighted by molar-refractivity contribution is 0.322. The lowest BCUT2D eigenvalue weighted by Crippen LogP contribution is -2.08. The zero-order valence-electron chi connectivity index (χ0n) is 10.2. The summed E-state index contributed by atoms with van der Waals surface area (Å²) in [5.41, 5.74) is 0.618. The quantitative estimate of drug-likeness (QED) is 0.654. The molecule has 0 heterocycles. The van der Waals surface area contributed by atoms with Crippen molar-refractivity contribution in [2.45, 2.75) is 0 Å². The van der Waals surface area contributed by atoms with Crippen LogP contribution in [0.3, 0.4) is 0 Å². The van der Waals surface area contributed by atoms with Crippen molar-refractivity contribution in [3.05, 3.63) is 53.6 Å². The standard InChI is InChI=1S/C13H12ClNO4S/c14-10-5-7-11(8-6-10)19-13-4-2-1-3-12(13)15-9-18-20(16)17/h1-8,15H,9H2,(H,16,17)/p-1. The minimum absolute atomic E-state index is 0.170. The molecule has 0 aliphatic carbocycles. The Balaban J connectivity index is 2.07. The van der Waals surface area contributed by atoms with Gasteiger partial charge in [0.15, 0.2) is 5.75 Å². The monoisotopic (exact) mass is 312 g/mol. The van der Waals surface area contributed by atoms with Crippen LogP contribution in [0.1, 0.15) is 0 Å². The van der Waals surface area contributed by atoms with Crippen LogP contribution in [-0.4, -0.2) is 15.5 Å². The molecule has 0 saturated heterocycles. The van der Waals surface area contributed by atoms with E-state index in [1.807, 2.05) is 6.07 Å². The number of halogens is 1. The highest BCUT2D eigenvalue weighted by atomic mass is 35.5. The predicted molar refractivity (Wildman–Crippen MR) is 76.5 cm³/mol. The third kappa shape index (κ3) is 4.50. The van der Waals surface area contributed by atoms with Gasteiger partial charge in [-0.25, -0.2) is 4.21 Å². The second-order valence-electron chi connectivity index (χ2n) is 3.70. The molecular formula is C13H11ClNO4S-. The van der Waals surface area contributed by atoms with E-state index in [0.717, 1.165) is 0 Å². The van der Waals surface area contributed by atoms with E-state index in [4.69, 9.17) is 16.3 Å². The molecule has 0 amide bonds. The molecule has 0 bridgehead atoms. The smallest absolute Gasteiger partial charge is 0.150 e. The lowest BCUT2D eigenvalue weighted by atomic mass is 10.3. The Morgan fingerprint density at radius 2 is 1.85 bits per heavy atom. The van der Waals surface area contributed by atoms with Crippen molar-refractivity contribution in [1.82, 2.24) is 0 Å². The van der Waals surface area contributed by atoms with E-state index in [1.54, 1.807) is 42.5 Å². The summed E-state index contributed by atoms with van der Waals surface area (Å²) in [7, 11) is 0. The number of ether oxygens (including phenoxy) is 1. The van der Waals surface area contributed by atoms with Crippen molar-refractivity contribution in [3.8, 4) is 11.5 Å². The van der Waals surface area contributed by atoms with Gasteiger partial charge in [0.1, 0.15) is 12.5 Å². The normalized spacial score (nSPS) is 11.9. The summed E-state index contributed by atoms with van der Waals surface area (Å²) in [6, 6.07) is 14.0. The first-order valence-corrected chi connectivity index (χ1v) is 7.02. The van der Waals surface area contributed by atoms with Gasteiger partial charge in [0.25, 0.3) is 0 Å². The van der Waals surface area contributed by atoms with Gasteiger partial charge in [-0.1, -0.05) is 23.7 Å². The van der Waals surface area contributed by atoms with E-state index in [0.29, 0.717) is 22.2 Å². The molecule has 106 valence electrons. The number of hydrogen-bond donors (Lipinski definition) is 1. The third-order valence-electron chi connectivity index (χ3n) is 2.35. The van der Waals surface area contributed by atoms with Crippen LogP contribution in [0.15, 0.2) is 48.5 Å². The van der Waals surface area contributed by atoms with Crippen molar-refractivity contribution in [2.75, 3.05) is 12.0 Å². The number of nitrogens with one attached hydrogen (secondary N) is 1. The summed E-state index contributed by atoms with van der Waals surface area (Å²) in [6.45, 7) is -0.170. The number of benzene rings is 2. The van der Waals surface area contributed by atoms with Gasteiger partial charge in [-0.15, -0.1) is 0 Å². The minimum atomic E-state index is -2.55. The number of anilines is 1. The zero-order valence-corrected chi connectivity index (χ0v) is 11.8. The van der Waals surface area contributed by atoms with Crippen molar-refractivity contribution in [2.24, 2.45) is 0 Å². The van der Waals surface area contributed by atoms with E-state index in [2.05, 4.69) is 9.50 Å². The van der Waals surface area contributed by atoms with E-state index < -0.39 is 11.4 Å². The van der Waals surface area contributed by atoms with Crippen molar-refractivity contribution in [3.63, 3.8) is 0 Å². The molecule has 7 heteroatoms. The molecule has 2 rings (SSSR count). The largest absolute Gasteiger partial charge is 0.750 e. The highest BCUT2D eigenvalue weighted by Crippen LogP contribution is 2.29. The van der Waals surface area contributed by atoms with Gasteiger partial charge in [-0.2, -0.15) is 0 Å². The Morgan fingerprint density at radius 3 is 2.55 bits per heavy atom. The average Bonchev–Trinajstić information content (AvgIpc) is 2.43. The Labute approximate surface area is 124 Å². The summed E-state index contributed by atoms with van der Waals surface area (Å²) >= 11 is 3.25. The topological polar surface area (TPSA) is 70.6 Å². The van der Waals surface area contributed by atoms with Gasteiger partial charge in [0.2, 0.25) is 0 Å². The average molecular weight is 313 g/mol. The Hall–Kier alpha value is -1.60. The molecule has 0 aliphatic rings. The summed E-state index contributed by atoms with van der Waals surface area (Å²) in [5, 5.41) is 3.43.